The van der Waals surface area contributed by atoms with Gasteiger partial charge in [0.25, 0.3) is 0 Å². The third kappa shape index (κ3) is 3.61. The molecule has 0 saturated carbocycles. The van der Waals surface area contributed by atoms with Gasteiger partial charge in [-0.15, -0.1) is 0 Å². The van der Waals surface area contributed by atoms with Gasteiger partial charge in [-0.1, -0.05) is 38.1 Å². The number of aryl methyl sites for hydroxylation is 1. The minimum absolute atomic E-state index is 0.0773. The molecule has 0 aromatic heterocycles. The summed E-state index contributed by atoms with van der Waals surface area (Å²) in [4.78, 5) is 0. The van der Waals surface area contributed by atoms with Crippen molar-refractivity contribution in [2.45, 2.75) is 26.3 Å². The maximum Gasteiger partial charge on any atom is 0.124 e. The van der Waals surface area contributed by atoms with Gasteiger partial charge in [-0.2, -0.15) is 0 Å². The van der Waals surface area contributed by atoms with Crippen LogP contribution in [0.15, 0.2) is 42.5 Å². The summed E-state index contributed by atoms with van der Waals surface area (Å²) < 4.78 is 19.0. The smallest absolute Gasteiger partial charge is 0.124 e. The van der Waals surface area contributed by atoms with Crippen LogP contribution in [-0.2, 0) is 6.42 Å². The van der Waals surface area contributed by atoms with E-state index in [9.17, 15) is 4.39 Å². The van der Waals surface area contributed by atoms with E-state index in [1.165, 1.54) is 11.6 Å². The fourth-order valence-electron chi connectivity index (χ4n) is 2.49. The largest absolute Gasteiger partial charge is 0.496 e. The van der Waals surface area contributed by atoms with Gasteiger partial charge >= 0.3 is 0 Å². The van der Waals surface area contributed by atoms with Crippen molar-refractivity contribution in [3.05, 3.63) is 65.0 Å². The lowest BCUT2D eigenvalue weighted by atomic mass is 9.96. The average Bonchev–Trinajstić information content (AvgIpc) is 2.53. The zero-order valence-corrected chi connectivity index (χ0v) is 12.8. The van der Waals surface area contributed by atoms with Crippen molar-refractivity contribution < 1.29 is 9.13 Å². The number of benzene rings is 2. The molecule has 0 spiro atoms. The standard InChI is InChI=1S/C18H22FNO/c1-4-13-6-8-14(9-7-13)18(20-5-2)16-12-15(19)10-11-17(16)21-3/h6-12,18,20H,4-5H2,1-3H3. The van der Waals surface area contributed by atoms with Gasteiger partial charge in [-0.05, 0) is 42.3 Å². The molecule has 3 heteroatoms. The third-order valence-corrected chi connectivity index (χ3v) is 3.63. The van der Waals surface area contributed by atoms with Gasteiger partial charge in [0.2, 0.25) is 0 Å². The number of nitrogens with one attached hydrogen (secondary N) is 1. The zero-order chi connectivity index (χ0) is 15.2. The molecule has 0 heterocycles. The first-order chi connectivity index (χ1) is 10.2. The Hall–Kier alpha value is -1.87. The van der Waals surface area contributed by atoms with Crippen LogP contribution in [0.2, 0.25) is 0 Å². The molecule has 112 valence electrons. The van der Waals surface area contributed by atoms with E-state index in [1.54, 1.807) is 19.2 Å². The second-order valence-corrected chi connectivity index (χ2v) is 4.97. The van der Waals surface area contributed by atoms with E-state index in [0.29, 0.717) is 5.75 Å². The first-order valence-electron chi connectivity index (χ1n) is 7.35. The maximum atomic E-state index is 13.6. The van der Waals surface area contributed by atoms with E-state index in [0.717, 1.165) is 24.1 Å². The van der Waals surface area contributed by atoms with Gasteiger partial charge in [0.15, 0.2) is 0 Å². The molecule has 0 bridgehead atoms. The van der Waals surface area contributed by atoms with Crippen LogP contribution in [0.25, 0.3) is 0 Å². The molecule has 2 aromatic carbocycles. The molecule has 0 aliphatic heterocycles. The molecule has 0 aliphatic rings. The van der Waals surface area contributed by atoms with E-state index in [1.807, 2.05) is 6.92 Å². The van der Waals surface area contributed by atoms with Crippen LogP contribution in [0.4, 0.5) is 4.39 Å². The second-order valence-electron chi connectivity index (χ2n) is 4.97. The minimum atomic E-state index is -0.251. The molecule has 1 atom stereocenters. The normalized spacial score (nSPS) is 12.2. The number of rotatable bonds is 6. The Kier molecular flexibility index (Phi) is 5.34. The van der Waals surface area contributed by atoms with Gasteiger partial charge in [-0.3, -0.25) is 0 Å². The first kappa shape index (κ1) is 15.5. The SMILES string of the molecule is CCNC(c1ccc(CC)cc1)c1cc(F)ccc1OC. The Bertz CT molecular complexity index is 580. The third-order valence-electron chi connectivity index (χ3n) is 3.63. The first-order valence-corrected chi connectivity index (χ1v) is 7.35. The maximum absolute atomic E-state index is 13.6. The topological polar surface area (TPSA) is 21.3 Å². The molecule has 0 fully saturated rings. The predicted molar refractivity (Wildman–Crippen MR) is 84.3 cm³/mol. The van der Waals surface area contributed by atoms with Crippen LogP contribution in [0, 0.1) is 5.82 Å². The minimum Gasteiger partial charge on any atom is -0.496 e. The Morgan fingerprint density at radius 1 is 1.10 bits per heavy atom. The summed E-state index contributed by atoms with van der Waals surface area (Å²) >= 11 is 0. The summed E-state index contributed by atoms with van der Waals surface area (Å²) in [7, 11) is 1.61. The van der Waals surface area contributed by atoms with Crippen LogP contribution < -0.4 is 10.1 Å². The number of methoxy groups -OCH3 is 1. The van der Waals surface area contributed by atoms with Crippen molar-refractivity contribution in [2.75, 3.05) is 13.7 Å². The highest BCUT2D eigenvalue weighted by Crippen LogP contribution is 2.31. The summed E-state index contributed by atoms with van der Waals surface area (Å²) in [6.07, 6.45) is 1.01. The van der Waals surface area contributed by atoms with Crippen molar-refractivity contribution in [2.24, 2.45) is 0 Å². The molecule has 2 aromatic rings. The molecule has 0 radical (unpaired) electrons. The lowest BCUT2D eigenvalue weighted by molar-refractivity contribution is 0.402. The molecule has 0 saturated heterocycles. The molecule has 21 heavy (non-hydrogen) atoms. The molecule has 1 unspecified atom stereocenters. The average molecular weight is 287 g/mol. The molecule has 0 aliphatic carbocycles. The van der Waals surface area contributed by atoms with Gasteiger partial charge in [0.05, 0.1) is 13.2 Å². The summed E-state index contributed by atoms with van der Waals surface area (Å²) in [5.74, 6) is 0.445. The van der Waals surface area contributed by atoms with Gasteiger partial charge in [-0.25, -0.2) is 4.39 Å². The van der Waals surface area contributed by atoms with Crippen molar-refractivity contribution in [1.82, 2.24) is 5.32 Å². The Labute approximate surface area is 126 Å². The summed E-state index contributed by atoms with van der Waals surface area (Å²) in [5.41, 5.74) is 3.22. The Balaban J connectivity index is 2.44. The molecule has 2 rings (SSSR count). The highest BCUT2D eigenvalue weighted by molar-refractivity contribution is 5.42. The van der Waals surface area contributed by atoms with Gasteiger partial charge in [0.1, 0.15) is 11.6 Å². The fourth-order valence-corrected chi connectivity index (χ4v) is 2.49. The summed E-state index contributed by atoms with van der Waals surface area (Å²) in [6.45, 7) is 4.96. The highest BCUT2D eigenvalue weighted by atomic mass is 19.1. The van der Waals surface area contributed by atoms with Crippen molar-refractivity contribution in [3.63, 3.8) is 0 Å². The van der Waals surface area contributed by atoms with Crippen LogP contribution in [-0.4, -0.2) is 13.7 Å². The number of halogens is 1. The monoisotopic (exact) mass is 287 g/mol. The van der Waals surface area contributed by atoms with Gasteiger partial charge < -0.3 is 10.1 Å². The van der Waals surface area contributed by atoms with E-state index in [-0.39, 0.29) is 11.9 Å². The summed E-state index contributed by atoms with van der Waals surface area (Å²) in [5, 5.41) is 3.41. The lowest BCUT2D eigenvalue weighted by Crippen LogP contribution is -2.22. The van der Waals surface area contributed by atoms with Crippen molar-refractivity contribution >= 4 is 0 Å². The van der Waals surface area contributed by atoms with Crippen molar-refractivity contribution in [3.8, 4) is 5.75 Å². The molecule has 2 nitrogen and oxygen atoms in total. The van der Waals surface area contributed by atoms with Crippen LogP contribution in [0.3, 0.4) is 0 Å². The lowest BCUT2D eigenvalue weighted by Gasteiger charge is -2.21. The number of ether oxygens (including phenoxy) is 1. The number of hydrogen-bond donors (Lipinski definition) is 1. The molecule has 1 N–H and O–H groups in total. The predicted octanol–water partition coefficient (Wildman–Crippen LogP) is 4.10. The summed E-state index contributed by atoms with van der Waals surface area (Å²) in [6, 6.07) is 13.0. The van der Waals surface area contributed by atoms with Crippen LogP contribution >= 0.6 is 0 Å². The molecular formula is C18H22FNO. The van der Waals surface area contributed by atoms with E-state index < -0.39 is 0 Å². The quantitative estimate of drug-likeness (QED) is 0.864. The van der Waals surface area contributed by atoms with Crippen LogP contribution in [0.5, 0.6) is 5.75 Å². The highest BCUT2D eigenvalue weighted by Gasteiger charge is 2.18. The van der Waals surface area contributed by atoms with E-state index in [4.69, 9.17) is 4.74 Å². The number of hydrogen-bond acceptors (Lipinski definition) is 2. The Morgan fingerprint density at radius 2 is 1.81 bits per heavy atom. The van der Waals surface area contributed by atoms with Gasteiger partial charge in [0, 0.05) is 5.56 Å². The second kappa shape index (κ2) is 7.23. The Morgan fingerprint density at radius 3 is 2.38 bits per heavy atom. The molecule has 0 amide bonds. The molecular weight excluding hydrogens is 265 g/mol. The zero-order valence-electron chi connectivity index (χ0n) is 12.8. The van der Waals surface area contributed by atoms with E-state index in [2.05, 4.69) is 36.5 Å². The fraction of sp³-hybridized carbons (Fsp3) is 0.333. The van der Waals surface area contributed by atoms with Crippen molar-refractivity contribution in [1.29, 1.82) is 0 Å². The van der Waals surface area contributed by atoms with E-state index >= 15 is 0 Å². The van der Waals surface area contributed by atoms with Crippen LogP contribution in [0.1, 0.15) is 36.6 Å².